The van der Waals surface area contributed by atoms with Crippen LogP contribution in [0.3, 0.4) is 0 Å². The lowest BCUT2D eigenvalue weighted by Gasteiger charge is -2.12. The van der Waals surface area contributed by atoms with Crippen molar-refractivity contribution in [3.05, 3.63) is 92.3 Å². The maximum atomic E-state index is 13.0. The predicted octanol–water partition coefficient (Wildman–Crippen LogP) is 5.58. The molecule has 0 radical (unpaired) electrons. The molecule has 0 saturated heterocycles. The number of hydrogen-bond donors (Lipinski definition) is 1. The fourth-order valence-corrected chi connectivity index (χ4v) is 5.57. The topological polar surface area (TPSA) is 92.7 Å². The van der Waals surface area contributed by atoms with Gasteiger partial charge in [0, 0.05) is 33.7 Å². The van der Waals surface area contributed by atoms with Gasteiger partial charge in [-0.2, -0.15) is 0 Å². The number of thiophene rings is 1. The number of aromatic hydroxyl groups is 1. The van der Waals surface area contributed by atoms with Gasteiger partial charge in [-0.3, -0.25) is 19.3 Å². The molecule has 36 heavy (non-hydrogen) atoms. The Morgan fingerprint density at radius 2 is 1.83 bits per heavy atom. The zero-order valence-corrected chi connectivity index (χ0v) is 21.6. The van der Waals surface area contributed by atoms with Crippen LogP contribution in [0.1, 0.15) is 51.2 Å². The zero-order valence-electron chi connectivity index (χ0n) is 20.1. The van der Waals surface area contributed by atoms with E-state index in [2.05, 4.69) is 29.0 Å². The van der Waals surface area contributed by atoms with E-state index in [4.69, 9.17) is 16.6 Å². The number of fused-ring (bicyclic) bond motifs is 3. The summed E-state index contributed by atoms with van der Waals surface area (Å²) < 4.78 is 2.03. The summed E-state index contributed by atoms with van der Waals surface area (Å²) in [7, 11) is 0. The molecule has 1 atom stereocenters. The van der Waals surface area contributed by atoms with Crippen molar-refractivity contribution in [1.82, 2.24) is 14.8 Å². The lowest BCUT2D eigenvalue weighted by Crippen LogP contribution is -2.13. The Morgan fingerprint density at radius 3 is 2.56 bits per heavy atom. The number of benzene rings is 2. The van der Waals surface area contributed by atoms with E-state index in [1.165, 1.54) is 4.88 Å². The smallest absolute Gasteiger partial charge is 0.163 e. The van der Waals surface area contributed by atoms with Crippen LogP contribution in [-0.4, -0.2) is 44.1 Å². The number of carbonyl (C=O) groups is 1. The first-order valence-corrected chi connectivity index (χ1v) is 12.7. The van der Waals surface area contributed by atoms with Crippen LogP contribution in [0, 0.1) is 20.8 Å². The van der Waals surface area contributed by atoms with Crippen LogP contribution in [0.4, 0.5) is 0 Å². The average Bonchev–Trinajstić information content (AvgIpc) is 3.33. The largest absolute Gasteiger partial charge is 0.508 e. The molecule has 0 amide bonds. The van der Waals surface area contributed by atoms with Crippen LogP contribution in [0.15, 0.2) is 58.5 Å². The van der Waals surface area contributed by atoms with Gasteiger partial charge in [-0.15, -0.1) is 21.5 Å². The number of hydrogen-bond acceptors (Lipinski definition) is 7. The number of ketones is 1. The van der Waals surface area contributed by atoms with Gasteiger partial charge in [-0.25, -0.2) is 0 Å². The molecule has 3 heterocycles. The molecule has 9 heteroatoms. The Kier molecular flexibility index (Phi) is 6.55. The van der Waals surface area contributed by atoms with E-state index in [0.29, 0.717) is 10.8 Å². The first kappa shape index (κ1) is 24.1. The van der Waals surface area contributed by atoms with Crippen LogP contribution < -0.4 is 0 Å². The molecule has 5 rings (SSSR count). The van der Waals surface area contributed by atoms with Gasteiger partial charge in [-0.05, 0) is 68.3 Å². The first-order chi connectivity index (χ1) is 17.3. The molecule has 0 saturated carbocycles. The molecule has 4 aromatic rings. The molecule has 0 bridgehead atoms. The molecular weight excluding hydrogens is 494 g/mol. The summed E-state index contributed by atoms with van der Waals surface area (Å²) in [6.07, 6.45) is 1.78. The van der Waals surface area contributed by atoms with E-state index in [1.54, 1.807) is 41.8 Å². The van der Waals surface area contributed by atoms with Crippen LogP contribution in [-0.2, 0) is 4.79 Å². The van der Waals surface area contributed by atoms with Crippen molar-refractivity contribution >= 4 is 40.6 Å². The van der Waals surface area contributed by atoms with Gasteiger partial charge in [0.2, 0.25) is 0 Å². The van der Waals surface area contributed by atoms with Gasteiger partial charge in [0.15, 0.2) is 11.6 Å². The van der Waals surface area contributed by atoms with Crippen LogP contribution >= 0.6 is 22.9 Å². The summed E-state index contributed by atoms with van der Waals surface area (Å²) >= 11 is 7.84. The molecule has 1 N–H and O–H groups in total. The van der Waals surface area contributed by atoms with E-state index in [1.807, 2.05) is 35.8 Å². The molecule has 7 nitrogen and oxygen atoms in total. The number of halogens is 1. The third kappa shape index (κ3) is 4.62. The minimum atomic E-state index is -0.507. The van der Waals surface area contributed by atoms with Crippen LogP contribution in [0.5, 0.6) is 5.75 Å². The highest BCUT2D eigenvalue weighted by Crippen LogP contribution is 2.39. The molecule has 0 aliphatic carbocycles. The SMILES string of the molecule is Cc1sc2c(c1C)C(c1ccc(Cl)cc1)=N[C@@H](CC(=O)CN=Cc1ccc(O)cc1)c1nnc(C)n1-2. The number of phenolic OH excluding ortho intramolecular Hbond substituents is 1. The summed E-state index contributed by atoms with van der Waals surface area (Å²) in [4.78, 5) is 23.6. The Balaban J connectivity index is 1.52. The number of carbonyl (C=O) groups excluding carboxylic acids is 1. The zero-order chi connectivity index (χ0) is 25.4. The average molecular weight is 518 g/mol. The third-order valence-corrected chi connectivity index (χ3v) is 7.62. The summed E-state index contributed by atoms with van der Waals surface area (Å²) in [5, 5.41) is 19.9. The predicted molar refractivity (Wildman–Crippen MR) is 143 cm³/mol. The standard InChI is InChI=1S/C27H24ClN5O2S/c1-15-16(2)36-27-24(15)25(19-6-8-20(28)9-7-19)30-23(26-32-31-17(3)33(26)27)12-22(35)14-29-13-18-4-10-21(34)11-5-18/h4-11,13,23,34H,12,14H2,1-3H3/t23-/m0/s1. The van der Waals surface area contributed by atoms with Gasteiger partial charge in [-0.1, -0.05) is 23.7 Å². The highest BCUT2D eigenvalue weighted by Gasteiger charge is 2.32. The second kappa shape index (κ2) is 9.79. The Labute approximate surface area is 217 Å². The van der Waals surface area contributed by atoms with Crippen LogP contribution in [0.2, 0.25) is 5.02 Å². The molecule has 2 aromatic heterocycles. The van der Waals surface area contributed by atoms with E-state index >= 15 is 0 Å². The maximum absolute atomic E-state index is 13.0. The van der Waals surface area contributed by atoms with Gasteiger partial charge in [0.25, 0.3) is 0 Å². The number of Topliss-reactive ketones (excluding diaryl/α,β-unsaturated/α-hetero) is 1. The monoisotopic (exact) mass is 517 g/mol. The number of nitrogens with zero attached hydrogens (tertiary/aromatic N) is 5. The molecule has 2 aromatic carbocycles. The van der Waals surface area contributed by atoms with Crippen molar-refractivity contribution in [1.29, 1.82) is 0 Å². The summed E-state index contributed by atoms with van der Waals surface area (Å²) in [6, 6.07) is 13.8. The van der Waals surface area contributed by atoms with Crippen molar-refractivity contribution in [3.8, 4) is 10.8 Å². The van der Waals surface area contributed by atoms with Gasteiger partial charge >= 0.3 is 0 Å². The molecule has 1 aliphatic heterocycles. The van der Waals surface area contributed by atoms with Crippen molar-refractivity contribution < 1.29 is 9.90 Å². The van der Waals surface area contributed by atoms with E-state index < -0.39 is 6.04 Å². The minimum Gasteiger partial charge on any atom is -0.508 e. The molecular formula is C27H24ClN5O2S. The Bertz CT molecular complexity index is 1500. The Hall–Kier alpha value is -3.62. The van der Waals surface area contributed by atoms with Crippen molar-refractivity contribution in [2.75, 3.05) is 6.54 Å². The van der Waals surface area contributed by atoms with Gasteiger partial charge in [0.05, 0.1) is 12.3 Å². The fraction of sp³-hybridized carbons (Fsp3) is 0.222. The lowest BCUT2D eigenvalue weighted by atomic mass is 9.99. The Morgan fingerprint density at radius 1 is 1.11 bits per heavy atom. The fourth-order valence-electron chi connectivity index (χ4n) is 4.23. The number of rotatable bonds is 6. The highest BCUT2D eigenvalue weighted by molar-refractivity contribution is 7.15. The highest BCUT2D eigenvalue weighted by atomic mass is 35.5. The molecule has 182 valence electrons. The quantitative estimate of drug-likeness (QED) is 0.338. The summed E-state index contributed by atoms with van der Waals surface area (Å²) in [6.45, 7) is 6.13. The van der Waals surface area contributed by atoms with Crippen molar-refractivity contribution in [2.45, 2.75) is 33.2 Å². The third-order valence-electron chi connectivity index (χ3n) is 6.18. The molecule has 0 unspecified atom stereocenters. The number of aryl methyl sites for hydroxylation is 2. The maximum Gasteiger partial charge on any atom is 0.163 e. The van der Waals surface area contributed by atoms with E-state index in [9.17, 15) is 9.90 Å². The summed E-state index contributed by atoms with van der Waals surface area (Å²) in [5.74, 6) is 1.53. The minimum absolute atomic E-state index is 0.0240. The van der Waals surface area contributed by atoms with Gasteiger partial charge in [0.1, 0.15) is 22.6 Å². The second-order valence-electron chi connectivity index (χ2n) is 8.71. The van der Waals surface area contributed by atoms with Crippen LogP contribution in [0.25, 0.3) is 5.00 Å². The van der Waals surface area contributed by atoms with Crippen molar-refractivity contribution in [3.63, 3.8) is 0 Å². The number of aromatic nitrogens is 3. The number of aliphatic imine (C=N–C) groups is 2. The summed E-state index contributed by atoms with van der Waals surface area (Å²) in [5.41, 5.74) is 4.74. The van der Waals surface area contributed by atoms with E-state index in [0.717, 1.165) is 38.8 Å². The van der Waals surface area contributed by atoms with Crippen molar-refractivity contribution in [2.24, 2.45) is 9.98 Å². The normalized spacial score (nSPS) is 14.9. The molecule has 1 aliphatic rings. The second-order valence-corrected chi connectivity index (χ2v) is 10.3. The van der Waals surface area contributed by atoms with Gasteiger partial charge < -0.3 is 5.11 Å². The molecule has 0 fully saturated rings. The first-order valence-electron chi connectivity index (χ1n) is 11.5. The lowest BCUT2D eigenvalue weighted by molar-refractivity contribution is -0.118. The number of phenols is 1. The van der Waals surface area contributed by atoms with E-state index in [-0.39, 0.29) is 24.5 Å². The molecule has 0 spiro atoms.